The van der Waals surface area contributed by atoms with E-state index in [2.05, 4.69) is 80.2 Å². The second-order valence-corrected chi connectivity index (χ2v) is 7.33. The van der Waals surface area contributed by atoms with Crippen molar-refractivity contribution in [3.63, 3.8) is 0 Å². The Labute approximate surface area is 190 Å². The lowest BCUT2D eigenvalue weighted by atomic mass is 10.00. The summed E-state index contributed by atoms with van der Waals surface area (Å²) in [6.45, 7) is 4.96. The minimum absolute atomic E-state index is 0. The molecule has 0 bridgehead atoms. The van der Waals surface area contributed by atoms with Gasteiger partial charge in [0.05, 0.1) is 0 Å². The molecule has 1 aliphatic heterocycles. The molecule has 154 valence electrons. The maximum absolute atomic E-state index is 4.36. The number of aliphatic imine (C=N–C) groups is 1. The zero-order valence-corrected chi connectivity index (χ0v) is 19.3. The molecule has 6 heteroatoms. The van der Waals surface area contributed by atoms with Crippen LogP contribution in [0.4, 0.5) is 0 Å². The summed E-state index contributed by atoms with van der Waals surface area (Å²) in [4.78, 5) is 10.2. The molecule has 0 aliphatic carbocycles. The molecule has 0 spiro atoms. The number of aromatic nitrogens is 1. The number of para-hydroxylation sites is 1. The van der Waals surface area contributed by atoms with E-state index in [0.717, 1.165) is 51.5 Å². The number of H-pyrrole nitrogens is 1. The van der Waals surface area contributed by atoms with Crippen LogP contribution in [0.3, 0.4) is 0 Å². The minimum atomic E-state index is 0. The van der Waals surface area contributed by atoms with Crippen LogP contribution in [-0.4, -0.2) is 49.1 Å². The Morgan fingerprint density at radius 3 is 2.66 bits per heavy atom. The van der Waals surface area contributed by atoms with Gasteiger partial charge in [0.25, 0.3) is 0 Å². The van der Waals surface area contributed by atoms with Crippen molar-refractivity contribution in [1.82, 2.24) is 20.5 Å². The summed E-state index contributed by atoms with van der Waals surface area (Å²) in [5.41, 5.74) is 5.50. The number of guanidine groups is 1. The molecule has 0 amide bonds. The lowest BCUT2D eigenvalue weighted by Gasteiger charge is -2.28. The van der Waals surface area contributed by atoms with E-state index in [0.29, 0.717) is 0 Å². The Bertz CT molecular complexity index is 949. The highest BCUT2D eigenvalue weighted by molar-refractivity contribution is 14.0. The van der Waals surface area contributed by atoms with Crippen LogP contribution in [0.1, 0.15) is 16.7 Å². The van der Waals surface area contributed by atoms with Crippen molar-refractivity contribution in [1.29, 1.82) is 0 Å². The van der Waals surface area contributed by atoms with Crippen LogP contribution in [0.5, 0.6) is 0 Å². The van der Waals surface area contributed by atoms with Gasteiger partial charge in [-0.15, -0.1) is 24.0 Å². The monoisotopic (exact) mass is 503 g/mol. The lowest BCUT2D eigenvalue weighted by Crippen LogP contribution is -2.43. The Hall–Kier alpha value is -2.06. The van der Waals surface area contributed by atoms with Gasteiger partial charge in [-0.1, -0.05) is 42.5 Å². The van der Waals surface area contributed by atoms with Gasteiger partial charge in [-0.2, -0.15) is 0 Å². The first-order chi connectivity index (χ1) is 13.8. The van der Waals surface area contributed by atoms with E-state index in [1.54, 1.807) is 0 Å². The molecule has 0 atom stereocenters. The zero-order chi connectivity index (χ0) is 19.2. The van der Waals surface area contributed by atoms with E-state index in [1.165, 1.54) is 27.6 Å². The number of aromatic amines is 1. The summed E-state index contributed by atoms with van der Waals surface area (Å²) in [5.74, 6) is 0.872. The number of nitrogens with zero attached hydrogens (tertiary/aromatic N) is 2. The van der Waals surface area contributed by atoms with Gasteiger partial charge in [-0.3, -0.25) is 9.89 Å². The second kappa shape index (κ2) is 10.6. The van der Waals surface area contributed by atoms with Crippen molar-refractivity contribution in [2.45, 2.75) is 19.4 Å². The van der Waals surface area contributed by atoms with Crippen LogP contribution in [-0.2, 0) is 19.4 Å². The SMILES string of the molecule is CN=C(NCCc1c[nH]c2ccccc12)NCCN1CCc2ccccc2C1.I. The molecule has 2 aromatic carbocycles. The van der Waals surface area contributed by atoms with Gasteiger partial charge in [-0.25, -0.2) is 0 Å². The largest absolute Gasteiger partial charge is 0.361 e. The molecule has 29 heavy (non-hydrogen) atoms. The first kappa shape index (κ1) is 21.6. The fraction of sp³-hybridized carbons (Fsp3) is 0.348. The number of fused-ring (bicyclic) bond motifs is 2. The number of hydrogen-bond acceptors (Lipinski definition) is 2. The summed E-state index contributed by atoms with van der Waals surface area (Å²) < 4.78 is 0. The van der Waals surface area contributed by atoms with Gasteiger partial charge >= 0.3 is 0 Å². The third-order valence-corrected chi connectivity index (χ3v) is 5.52. The third kappa shape index (κ3) is 5.51. The molecule has 2 heterocycles. The maximum Gasteiger partial charge on any atom is 0.191 e. The van der Waals surface area contributed by atoms with Crippen LogP contribution in [0.25, 0.3) is 10.9 Å². The van der Waals surface area contributed by atoms with Crippen molar-refractivity contribution >= 4 is 40.8 Å². The fourth-order valence-electron chi connectivity index (χ4n) is 3.95. The van der Waals surface area contributed by atoms with E-state index >= 15 is 0 Å². The van der Waals surface area contributed by atoms with Gasteiger partial charge in [0.2, 0.25) is 0 Å². The Kier molecular flexibility index (Phi) is 7.94. The van der Waals surface area contributed by atoms with Gasteiger partial charge in [0.1, 0.15) is 0 Å². The first-order valence-electron chi connectivity index (χ1n) is 10.1. The normalized spacial score (nSPS) is 14.3. The molecule has 0 unspecified atom stereocenters. The number of halogens is 1. The summed E-state index contributed by atoms with van der Waals surface area (Å²) in [6.07, 6.45) is 4.22. The maximum atomic E-state index is 4.36. The summed E-state index contributed by atoms with van der Waals surface area (Å²) in [5, 5.41) is 8.18. The molecule has 0 saturated heterocycles. The van der Waals surface area contributed by atoms with E-state index < -0.39 is 0 Å². The third-order valence-electron chi connectivity index (χ3n) is 5.52. The van der Waals surface area contributed by atoms with E-state index in [-0.39, 0.29) is 24.0 Å². The molecule has 4 rings (SSSR count). The summed E-state index contributed by atoms with van der Waals surface area (Å²) in [6, 6.07) is 17.2. The first-order valence-corrected chi connectivity index (χ1v) is 10.1. The van der Waals surface area contributed by atoms with Crippen molar-refractivity contribution in [2.75, 3.05) is 33.2 Å². The minimum Gasteiger partial charge on any atom is -0.361 e. The van der Waals surface area contributed by atoms with Gasteiger partial charge in [0, 0.05) is 56.9 Å². The Morgan fingerprint density at radius 2 is 1.79 bits per heavy atom. The second-order valence-electron chi connectivity index (χ2n) is 7.33. The van der Waals surface area contributed by atoms with Crippen molar-refractivity contribution in [3.8, 4) is 0 Å². The highest BCUT2D eigenvalue weighted by Gasteiger charge is 2.15. The molecular weight excluding hydrogens is 473 g/mol. The molecule has 3 aromatic rings. The number of hydrogen-bond donors (Lipinski definition) is 3. The number of rotatable bonds is 6. The molecule has 3 N–H and O–H groups in total. The molecule has 0 fully saturated rings. The van der Waals surface area contributed by atoms with Gasteiger partial charge in [0.15, 0.2) is 5.96 Å². The quantitative estimate of drug-likeness (QED) is 0.274. The highest BCUT2D eigenvalue weighted by Crippen LogP contribution is 2.18. The van der Waals surface area contributed by atoms with Crippen LogP contribution in [0, 0.1) is 0 Å². The Morgan fingerprint density at radius 1 is 1.03 bits per heavy atom. The summed E-state index contributed by atoms with van der Waals surface area (Å²) >= 11 is 0. The summed E-state index contributed by atoms with van der Waals surface area (Å²) in [7, 11) is 1.83. The molecule has 1 aliphatic rings. The topological polar surface area (TPSA) is 55.5 Å². The molecular formula is C23H30IN5. The van der Waals surface area contributed by atoms with Crippen molar-refractivity contribution < 1.29 is 0 Å². The van der Waals surface area contributed by atoms with Gasteiger partial charge < -0.3 is 15.6 Å². The average Bonchev–Trinajstić information content (AvgIpc) is 3.16. The standard InChI is InChI=1S/C23H29N5.HI/c1-24-23(25-12-10-19-16-27-22-9-5-4-8-21(19)22)26-13-15-28-14-11-18-6-2-3-7-20(18)17-28;/h2-9,16,27H,10-15,17H2,1H3,(H2,24,25,26);1H. The number of benzene rings is 2. The van der Waals surface area contributed by atoms with Crippen LogP contribution < -0.4 is 10.6 Å². The molecule has 0 radical (unpaired) electrons. The van der Waals surface area contributed by atoms with E-state index in [9.17, 15) is 0 Å². The number of nitrogens with one attached hydrogen (secondary N) is 3. The smallest absolute Gasteiger partial charge is 0.191 e. The predicted octanol–water partition coefficient (Wildman–Crippen LogP) is 3.55. The highest BCUT2D eigenvalue weighted by atomic mass is 127. The van der Waals surface area contributed by atoms with E-state index in [1.807, 2.05) is 7.05 Å². The Balaban J connectivity index is 0.00000240. The molecule has 5 nitrogen and oxygen atoms in total. The van der Waals surface area contributed by atoms with Gasteiger partial charge in [-0.05, 0) is 35.6 Å². The van der Waals surface area contributed by atoms with Crippen LogP contribution in [0.15, 0.2) is 59.7 Å². The van der Waals surface area contributed by atoms with E-state index in [4.69, 9.17) is 0 Å². The van der Waals surface area contributed by atoms with Crippen molar-refractivity contribution in [3.05, 3.63) is 71.4 Å². The fourth-order valence-corrected chi connectivity index (χ4v) is 3.95. The van der Waals surface area contributed by atoms with Crippen LogP contribution in [0.2, 0.25) is 0 Å². The molecule has 1 aromatic heterocycles. The van der Waals surface area contributed by atoms with Crippen LogP contribution >= 0.6 is 24.0 Å². The van der Waals surface area contributed by atoms with Crippen molar-refractivity contribution in [2.24, 2.45) is 4.99 Å². The average molecular weight is 503 g/mol. The lowest BCUT2D eigenvalue weighted by molar-refractivity contribution is 0.258. The predicted molar refractivity (Wildman–Crippen MR) is 132 cm³/mol. The molecule has 0 saturated carbocycles. The zero-order valence-electron chi connectivity index (χ0n) is 16.9.